The third-order valence-corrected chi connectivity index (χ3v) is 4.92. The predicted octanol–water partition coefficient (Wildman–Crippen LogP) is 6.54. The van der Waals surface area contributed by atoms with E-state index in [1.807, 2.05) is 25.1 Å². The Morgan fingerprint density at radius 1 is 1.08 bits per heavy atom. The molecule has 0 aliphatic carbocycles. The molecule has 0 bridgehead atoms. The molecule has 3 rings (SSSR count). The van der Waals surface area contributed by atoms with Gasteiger partial charge in [-0.15, -0.1) is 0 Å². The molecule has 0 N–H and O–H groups in total. The van der Waals surface area contributed by atoms with Crippen molar-refractivity contribution in [1.82, 2.24) is 4.98 Å². The molecule has 0 saturated carbocycles. The molecule has 0 fully saturated rings. The lowest BCUT2D eigenvalue weighted by Crippen LogP contribution is -2.03. The van der Waals surface area contributed by atoms with Crippen molar-refractivity contribution in [3.05, 3.63) is 70.4 Å². The Hall–Kier alpha value is -2.18. The maximum absolute atomic E-state index is 12.6. The highest BCUT2D eigenvalue weighted by Gasteiger charge is 2.30. The molecule has 1 heterocycles. The van der Waals surface area contributed by atoms with E-state index in [0.29, 0.717) is 26.3 Å². The van der Waals surface area contributed by atoms with Gasteiger partial charge in [-0.1, -0.05) is 53.3 Å². The van der Waals surface area contributed by atoms with Gasteiger partial charge in [-0.25, -0.2) is 9.98 Å². The summed E-state index contributed by atoms with van der Waals surface area (Å²) >= 11 is 7.41. The van der Waals surface area contributed by atoms with Crippen LogP contribution in [0.25, 0.3) is 10.6 Å². The SMILES string of the molecule is Cc1nc(-c2ccc(C(F)(F)F)cc2)sc1/N=C/c1ccccc1Cl. The van der Waals surface area contributed by atoms with E-state index in [1.54, 1.807) is 12.3 Å². The van der Waals surface area contributed by atoms with Gasteiger partial charge >= 0.3 is 6.18 Å². The van der Waals surface area contributed by atoms with Crippen LogP contribution in [0.2, 0.25) is 5.02 Å². The summed E-state index contributed by atoms with van der Waals surface area (Å²) in [5.74, 6) is 0. The van der Waals surface area contributed by atoms with Gasteiger partial charge in [0.05, 0.1) is 11.3 Å². The molecule has 25 heavy (non-hydrogen) atoms. The lowest BCUT2D eigenvalue weighted by molar-refractivity contribution is -0.137. The van der Waals surface area contributed by atoms with Crippen LogP contribution >= 0.6 is 22.9 Å². The highest BCUT2D eigenvalue weighted by Crippen LogP contribution is 2.36. The molecule has 2 aromatic carbocycles. The molecule has 3 aromatic rings. The second kappa shape index (κ2) is 6.98. The van der Waals surface area contributed by atoms with Gasteiger partial charge in [0.25, 0.3) is 0 Å². The molecule has 0 unspecified atom stereocenters. The van der Waals surface area contributed by atoms with Gasteiger partial charge < -0.3 is 0 Å². The topological polar surface area (TPSA) is 25.2 Å². The van der Waals surface area contributed by atoms with Crippen molar-refractivity contribution in [3.8, 4) is 10.6 Å². The number of aliphatic imine (C=N–C) groups is 1. The zero-order valence-corrected chi connectivity index (χ0v) is 14.6. The van der Waals surface area contributed by atoms with E-state index in [9.17, 15) is 13.2 Å². The molecule has 2 nitrogen and oxygen atoms in total. The van der Waals surface area contributed by atoms with E-state index in [0.717, 1.165) is 17.7 Å². The molecular formula is C18H12ClF3N2S. The van der Waals surface area contributed by atoms with Gasteiger partial charge in [-0.2, -0.15) is 13.2 Å². The summed E-state index contributed by atoms with van der Waals surface area (Å²) in [6, 6.07) is 12.3. The van der Waals surface area contributed by atoms with E-state index >= 15 is 0 Å². The first-order valence-electron chi connectivity index (χ1n) is 7.28. The summed E-state index contributed by atoms with van der Waals surface area (Å²) in [6.45, 7) is 1.81. The van der Waals surface area contributed by atoms with Crippen LogP contribution in [0.5, 0.6) is 0 Å². The largest absolute Gasteiger partial charge is 0.416 e. The molecular weight excluding hydrogens is 369 g/mol. The van der Waals surface area contributed by atoms with Crippen LogP contribution in [0, 0.1) is 6.92 Å². The summed E-state index contributed by atoms with van der Waals surface area (Å²) in [7, 11) is 0. The Kier molecular flexibility index (Phi) is 4.92. The van der Waals surface area contributed by atoms with Gasteiger partial charge in [-0.3, -0.25) is 0 Å². The first-order valence-corrected chi connectivity index (χ1v) is 8.48. The van der Waals surface area contributed by atoms with Gasteiger partial charge in [0.1, 0.15) is 10.0 Å². The molecule has 0 radical (unpaired) electrons. The molecule has 0 amide bonds. The molecule has 0 atom stereocenters. The van der Waals surface area contributed by atoms with Crippen LogP contribution in [0.15, 0.2) is 53.5 Å². The minimum absolute atomic E-state index is 0.594. The summed E-state index contributed by atoms with van der Waals surface area (Å²) in [5.41, 5.74) is 1.44. The Labute approximate surface area is 151 Å². The minimum Gasteiger partial charge on any atom is -0.243 e. The third-order valence-electron chi connectivity index (χ3n) is 3.46. The second-order valence-electron chi connectivity index (χ2n) is 5.26. The molecule has 1 aromatic heterocycles. The number of nitrogens with zero attached hydrogens (tertiary/aromatic N) is 2. The Bertz CT molecular complexity index is 915. The van der Waals surface area contributed by atoms with E-state index < -0.39 is 11.7 Å². The fourth-order valence-electron chi connectivity index (χ4n) is 2.14. The lowest BCUT2D eigenvalue weighted by atomic mass is 10.1. The first-order chi connectivity index (χ1) is 11.8. The van der Waals surface area contributed by atoms with E-state index in [2.05, 4.69) is 9.98 Å². The summed E-state index contributed by atoms with van der Waals surface area (Å²) < 4.78 is 37.9. The molecule has 0 aliphatic heterocycles. The number of alkyl halides is 3. The van der Waals surface area contributed by atoms with Gasteiger partial charge in [0.15, 0.2) is 0 Å². The maximum Gasteiger partial charge on any atom is 0.416 e. The van der Waals surface area contributed by atoms with Crippen molar-refractivity contribution in [2.24, 2.45) is 4.99 Å². The van der Waals surface area contributed by atoms with Crippen LogP contribution < -0.4 is 0 Å². The van der Waals surface area contributed by atoms with E-state index in [4.69, 9.17) is 11.6 Å². The van der Waals surface area contributed by atoms with Crippen LogP contribution in [-0.2, 0) is 6.18 Å². The Morgan fingerprint density at radius 2 is 1.76 bits per heavy atom. The van der Waals surface area contributed by atoms with Crippen molar-refractivity contribution in [2.75, 3.05) is 0 Å². The highest BCUT2D eigenvalue weighted by atomic mass is 35.5. The normalized spacial score (nSPS) is 12.0. The third kappa shape index (κ3) is 4.08. The van der Waals surface area contributed by atoms with Crippen molar-refractivity contribution in [2.45, 2.75) is 13.1 Å². The zero-order chi connectivity index (χ0) is 18.0. The maximum atomic E-state index is 12.6. The van der Waals surface area contributed by atoms with Gasteiger partial charge in [-0.05, 0) is 25.1 Å². The van der Waals surface area contributed by atoms with E-state index in [-0.39, 0.29) is 0 Å². The Balaban J connectivity index is 1.86. The van der Waals surface area contributed by atoms with Crippen molar-refractivity contribution >= 4 is 34.2 Å². The van der Waals surface area contributed by atoms with Crippen molar-refractivity contribution in [3.63, 3.8) is 0 Å². The molecule has 0 saturated heterocycles. The average Bonchev–Trinajstić information content (AvgIpc) is 2.94. The van der Waals surface area contributed by atoms with Crippen LogP contribution in [0.3, 0.4) is 0 Å². The monoisotopic (exact) mass is 380 g/mol. The number of aromatic nitrogens is 1. The molecule has 128 valence electrons. The number of rotatable bonds is 3. The fourth-order valence-corrected chi connectivity index (χ4v) is 3.24. The molecule has 7 heteroatoms. The molecule has 0 spiro atoms. The second-order valence-corrected chi connectivity index (χ2v) is 6.65. The standard InChI is InChI=1S/C18H12ClF3N2S/c1-11-16(23-10-13-4-2-3-5-15(13)19)25-17(24-11)12-6-8-14(9-7-12)18(20,21)22/h2-10H,1H3/b23-10+. The van der Waals surface area contributed by atoms with E-state index in [1.165, 1.54) is 23.5 Å². The average molecular weight is 381 g/mol. The molecule has 0 aliphatic rings. The lowest BCUT2D eigenvalue weighted by Gasteiger charge is -2.06. The van der Waals surface area contributed by atoms with Gasteiger partial charge in [0, 0.05) is 22.4 Å². The predicted molar refractivity (Wildman–Crippen MR) is 96.0 cm³/mol. The summed E-state index contributed by atoms with van der Waals surface area (Å²) in [4.78, 5) is 8.80. The van der Waals surface area contributed by atoms with Crippen LogP contribution in [0.1, 0.15) is 16.8 Å². The Morgan fingerprint density at radius 3 is 2.40 bits per heavy atom. The number of hydrogen-bond acceptors (Lipinski definition) is 3. The van der Waals surface area contributed by atoms with Gasteiger partial charge in [0.2, 0.25) is 0 Å². The van der Waals surface area contributed by atoms with Crippen molar-refractivity contribution < 1.29 is 13.2 Å². The smallest absolute Gasteiger partial charge is 0.243 e. The quantitative estimate of drug-likeness (QED) is 0.473. The van der Waals surface area contributed by atoms with Crippen LogP contribution in [0.4, 0.5) is 18.2 Å². The number of thiazole rings is 1. The number of aryl methyl sites for hydroxylation is 1. The summed E-state index contributed by atoms with van der Waals surface area (Å²) in [6.07, 6.45) is -2.69. The van der Waals surface area contributed by atoms with Crippen molar-refractivity contribution in [1.29, 1.82) is 0 Å². The summed E-state index contributed by atoms with van der Waals surface area (Å²) in [5, 5.41) is 1.91. The highest BCUT2D eigenvalue weighted by molar-refractivity contribution is 7.18. The minimum atomic E-state index is -4.35. The van der Waals surface area contributed by atoms with Crippen LogP contribution in [-0.4, -0.2) is 11.2 Å². The fraction of sp³-hybridized carbons (Fsp3) is 0.111. The number of benzene rings is 2. The number of hydrogen-bond donors (Lipinski definition) is 0. The first kappa shape index (κ1) is 17.6. The number of halogens is 4. The zero-order valence-electron chi connectivity index (χ0n) is 13.0.